The maximum Gasteiger partial charge on any atom is 0.119 e. The van der Waals surface area contributed by atoms with Crippen LogP contribution in [0.3, 0.4) is 0 Å². The summed E-state index contributed by atoms with van der Waals surface area (Å²) < 4.78 is 22.3. The van der Waals surface area contributed by atoms with Crippen LogP contribution in [0.5, 0.6) is 17.2 Å². The molecule has 2 aromatic carbocycles. The first-order valence-electron chi connectivity index (χ1n) is 8.85. The van der Waals surface area contributed by atoms with Crippen molar-refractivity contribution in [1.29, 1.82) is 0 Å². The third-order valence-corrected chi connectivity index (χ3v) is 3.65. The van der Waals surface area contributed by atoms with Gasteiger partial charge < -0.3 is 18.9 Å². The monoisotopic (exact) mass is 344 g/mol. The van der Waals surface area contributed by atoms with Crippen LogP contribution in [0.2, 0.25) is 0 Å². The summed E-state index contributed by atoms with van der Waals surface area (Å²) in [5, 5.41) is 0. The lowest BCUT2D eigenvalue weighted by Gasteiger charge is -2.11. The molecule has 0 fully saturated rings. The van der Waals surface area contributed by atoms with E-state index < -0.39 is 0 Å². The summed E-state index contributed by atoms with van der Waals surface area (Å²) in [6, 6.07) is 15.8. The van der Waals surface area contributed by atoms with Gasteiger partial charge in [-0.1, -0.05) is 26.0 Å². The van der Waals surface area contributed by atoms with Gasteiger partial charge >= 0.3 is 0 Å². The third kappa shape index (κ3) is 7.06. The molecule has 2 rings (SSSR count). The lowest BCUT2D eigenvalue weighted by Crippen LogP contribution is -2.12. The zero-order valence-electron chi connectivity index (χ0n) is 15.4. The molecule has 4 nitrogen and oxygen atoms in total. The van der Waals surface area contributed by atoms with Crippen LogP contribution in [0, 0.1) is 0 Å². The van der Waals surface area contributed by atoms with Crippen LogP contribution in [-0.4, -0.2) is 33.0 Å². The van der Waals surface area contributed by atoms with Crippen molar-refractivity contribution in [2.75, 3.05) is 33.0 Å². The Kier molecular flexibility index (Phi) is 8.13. The summed E-state index contributed by atoms with van der Waals surface area (Å²) in [4.78, 5) is 0. The fourth-order valence-corrected chi connectivity index (χ4v) is 2.30. The maximum absolute atomic E-state index is 5.72. The van der Waals surface area contributed by atoms with E-state index >= 15 is 0 Å². The Labute approximate surface area is 150 Å². The lowest BCUT2D eigenvalue weighted by atomic mass is 10.0. The molecule has 136 valence electrons. The van der Waals surface area contributed by atoms with Crippen molar-refractivity contribution < 1.29 is 18.9 Å². The average Bonchev–Trinajstić information content (AvgIpc) is 2.63. The Morgan fingerprint density at radius 3 is 1.92 bits per heavy atom. The quantitative estimate of drug-likeness (QED) is 0.555. The number of ether oxygens (including phenoxy) is 4. The highest BCUT2D eigenvalue weighted by atomic mass is 16.5. The fraction of sp³-hybridized carbons (Fsp3) is 0.429. The highest BCUT2D eigenvalue weighted by Crippen LogP contribution is 2.20. The second-order valence-corrected chi connectivity index (χ2v) is 5.94. The molecule has 0 aliphatic carbocycles. The molecule has 0 atom stereocenters. The average molecular weight is 344 g/mol. The molecule has 0 aromatic heterocycles. The Morgan fingerprint density at radius 1 is 0.720 bits per heavy atom. The molecule has 2 aromatic rings. The molecule has 0 saturated carbocycles. The first kappa shape index (κ1) is 19.1. The SMILES string of the molecule is CCOc1ccc(OCCOCCOc2cccc(C(C)C)c2)cc1. The minimum absolute atomic E-state index is 0.500. The molecule has 0 saturated heterocycles. The van der Waals surface area contributed by atoms with Gasteiger partial charge in [0.05, 0.1) is 19.8 Å². The molecule has 0 amide bonds. The van der Waals surface area contributed by atoms with Crippen molar-refractivity contribution in [3.63, 3.8) is 0 Å². The molecule has 0 aliphatic heterocycles. The fourth-order valence-electron chi connectivity index (χ4n) is 2.30. The van der Waals surface area contributed by atoms with Crippen LogP contribution in [-0.2, 0) is 4.74 Å². The van der Waals surface area contributed by atoms with Gasteiger partial charge in [0.2, 0.25) is 0 Å². The largest absolute Gasteiger partial charge is 0.494 e. The first-order valence-corrected chi connectivity index (χ1v) is 8.85. The van der Waals surface area contributed by atoms with E-state index in [1.54, 1.807) is 0 Å². The van der Waals surface area contributed by atoms with E-state index in [2.05, 4.69) is 26.0 Å². The van der Waals surface area contributed by atoms with Crippen LogP contribution in [0.4, 0.5) is 0 Å². The van der Waals surface area contributed by atoms with Crippen molar-refractivity contribution in [1.82, 2.24) is 0 Å². The second-order valence-electron chi connectivity index (χ2n) is 5.94. The molecule has 0 bridgehead atoms. The molecule has 0 N–H and O–H groups in total. The van der Waals surface area contributed by atoms with Gasteiger partial charge in [-0.05, 0) is 54.8 Å². The summed E-state index contributed by atoms with van der Waals surface area (Å²) >= 11 is 0. The Morgan fingerprint density at radius 2 is 1.32 bits per heavy atom. The molecule has 0 aliphatic rings. The van der Waals surface area contributed by atoms with E-state index in [0.717, 1.165) is 17.2 Å². The zero-order chi connectivity index (χ0) is 17.9. The number of hydrogen-bond donors (Lipinski definition) is 0. The molecule has 0 radical (unpaired) electrons. The van der Waals surface area contributed by atoms with Gasteiger partial charge in [-0.25, -0.2) is 0 Å². The smallest absolute Gasteiger partial charge is 0.119 e. The molecule has 0 unspecified atom stereocenters. The van der Waals surface area contributed by atoms with Gasteiger partial charge in [0.1, 0.15) is 30.5 Å². The molecular weight excluding hydrogens is 316 g/mol. The number of benzene rings is 2. The molecule has 0 heterocycles. The predicted molar refractivity (Wildman–Crippen MR) is 100.0 cm³/mol. The van der Waals surface area contributed by atoms with Crippen molar-refractivity contribution in [3.05, 3.63) is 54.1 Å². The summed E-state index contributed by atoms with van der Waals surface area (Å²) in [5.74, 6) is 3.05. The van der Waals surface area contributed by atoms with Gasteiger partial charge in [0, 0.05) is 0 Å². The van der Waals surface area contributed by atoms with Crippen molar-refractivity contribution in [2.45, 2.75) is 26.7 Å². The van der Waals surface area contributed by atoms with Crippen molar-refractivity contribution >= 4 is 0 Å². The number of rotatable bonds is 11. The van der Waals surface area contributed by atoms with Crippen LogP contribution < -0.4 is 14.2 Å². The van der Waals surface area contributed by atoms with E-state index in [1.807, 2.05) is 43.3 Å². The Bertz CT molecular complexity index is 608. The van der Waals surface area contributed by atoms with Crippen LogP contribution in [0.25, 0.3) is 0 Å². The van der Waals surface area contributed by atoms with Gasteiger partial charge in [0.15, 0.2) is 0 Å². The molecule has 25 heavy (non-hydrogen) atoms. The van der Waals surface area contributed by atoms with E-state index in [9.17, 15) is 0 Å². The molecular formula is C21H28O4. The van der Waals surface area contributed by atoms with Gasteiger partial charge in [0.25, 0.3) is 0 Å². The standard InChI is InChI=1S/C21H28O4/c1-4-23-19-8-10-20(11-9-19)24-14-12-22-13-15-25-21-7-5-6-18(16-21)17(2)3/h5-11,16-17H,4,12-15H2,1-3H3. The highest BCUT2D eigenvalue weighted by Gasteiger charge is 2.01. The summed E-state index contributed by atoms with van der Waals surface area (Å²) in [6.45, 7) is 9.09. The van der Waals surface area contributed by atoms with Crippen LogP contribution in [0.15, 0.2) is 48.5 Å². The summed E-state index contributed by atoms with van der Waals surface area (Å²) in [7, 11) is 0. The first-order chi connectivity index (χ1) is 12.2. The lowest BCUT2D eigenvalue weighted by molar-refractivity contribution is 0.0764. The van der Waals surface area contributed by atoms with Crippen molar-refractivity contribution in [3.8, 4) is 17.2 Å². The topological polar surface area (TPSA) is 36.9 Å². The van der Waals surface area contributed by atoms with Gasteiger partial charge in [-0.15, -0.1) is 0 Å². The summed E-state index contributed by atoms with van der Waals surface area (Å²) in [6.07, 6.45) is 0. The van der Waals surface area contributed by atoms with Gasteiger partial charge in [-0.3, -0.25) is 0 Å². The van der Waals surface area contributed by atoms with E-state index in [1.165, 1.54) is 5.56 Å². The minimum Gasteiger partial charge on any atom is -0.494 e. The summed E-state index contributed by atoms with van der Waals surface area (Å²) in [5.41, 5.74) is 1.28. The normalized spacial score (nSPS) is 10.7. The maximum atomic E-state index is 5.72. The van der Waals surface area contributed by atoms with Crippen LogP contribution >= 0.6 is 0 Å². The zero-order valence-corrected chi connectivity index (χ0v) is 15.4. The third-order valence-electron chi connectivity index (χ3n) is 3.65. The predicted octanol–water partition coefficient (Wildman–Crippen LogP) is 4.68. The van der Waals surface area contributed by atoms with E-state index in [0.29, 0.717) is 39.0 Å². The minimum atomic E-state index is 0.500. The van der Waals surface area contributed by atoms with Crippen molar-refractivity contribution in [2.24, 2.45) is 0 Å². The van der Waals surface area contributed by atoms with E-state index in [4.69, 9.17) is 18.9 Å². The van der Waals surface area contributed by atoms with Crippen LogP contribution in [0.1, 0.15) is 32.3 Å². The highest BCUT2D eigenvalue weighted by molar-refractivity contribution is 5.31. The Balaban J connectivity index is 1.57. The molecule has 0 spiro atoms. The Hall–Kier alpha value is -2.20. The molecule has 4 heteroatoms. The van der Waals surface area contributed by atoms with E-state index in [-0.39, 0.29) is 0 Å². The second kappa shape index (κ2) is 10.6. The van der Waals surface area contributed by atoms with Gasteiger partial charge in [-0.2, -0.15) is 0 Å². The number of hydrogen-bond acceptors (Lipinski definition) is 4.